The van der Waals surface area contributed by atoms with E-state index < -0.39 is 0 Å². The van der Waals surface area contributed by atoms with Crippen LogP contribution in [0.4, 0.5) is 0 Å². The number of carbonyl (C=O) groups excluding carboxylic acids is 1. The van der Waals surface area contributed by atoms with Gasteiger partial charge in [0.2, 0.25) is 5.89 Å². The summed E-state index contributed by atoms with van der Waals surface area (Å²) < 4.78 is 5.38. The molecule has 1 amide bonds. The van der Waals surface area contributed by atoms with Crippen LogP contribution in [0.15, 0.2) is 10.7 Å². The highest BCUT2D eigenvalue weighted by Gasteiger charge is 2.17. The lowest BCUT2D eigenvalue weighted by Crippen LogP contribution is -2.31. The molecule has 0 saturated heterocycles. The minimum atomic E-state index is -0.262. The summed E-state index contributed by atoms with van der Waals surface area (Å²) in [5.41, 5.74) is 6.36. The van der Waals surface area contributed by atoms with Crippen molar-refractivity contribution in [3.8, 4) is 0 Å². The predicted octanol–water partition coefficient (Wildman–Crippen LogP) is 3.74. The fourth-order valence-corrected chi connectivity index (χ4v) is 2.86. The molecule has 0 aliphatic carbocycles. The number of nitrogens with two attached hydrogens (primary N) is 1. The van der Waals surface area contributed by atoms with Crippen molar-refractivity contribution in [1.82, 2.24) is 15.2 Å². The Morgan fingerprint density at radius 1 is 1.19 bits per heavy atom. The van der Waals surface area contributed by atoms with Crippen molar-refractivity contribution in [2.45, 2.75) is 72.3 Å². The third-order valence-corrected chi connectivity index (χ3v) is 4.39. The fraction of sp³-hybridized carbons (Fsp3) is 0.800. The van der Waals surface area contributed by atoms with Crippen LogP contribution < -0.4 is 11.1 Å². The van der Waals surface area contributed by atoms with E-state index >= 15 is 0 Å². The quantitative estimate of drug-likeness (QED) is 0.490. The smallest absolute Gasteiger partial charge is 0.273 e. The highest BCUT2D eigenvalue weighted by molar-refractivity contribution is 5.91. The van der Waals surface area contributed by atoms with Crippen molar-refractivity contribution < 1.29 is 9.21 Å². The summed E-state index contributed by atoms with van der Waals surface area (Å²) in [6, 6.07) is -0.262. The lowest BCUT2D eigenvalue weighted by molar-refractivity contribution is 0.0946. The first-order valence-corrected chi connectivity index (χ1v) is 10.2. The van der Waals surface area contributed by atoms with Crippen LogP contribution in [0.1, 0.15) is 88.6 Å². The number of rotatable bonds is 14. The average molecular weight is 367 g/mol. The fourth-order valence-electron chi connectivity index (χ4n) is 2.86. The molecule has 0 saturated carbocycles. The van der Waals surface area contributed by atoms with E-state index in [-0.39, 0.29) is 11.9 Å². The van der Waals surface area contributed by atoms with Crippen LogP contribution in [0.25, 0.3) is 0 Å². The molecule has 1 unspecified atom stereocenters. The second kappa shape index (κ2) is 12.9. The largest absolute Gasteiger partial charge is 0.446 e. The molecule has 1 aromatic rings. The molecule has 6 heteroatoms. The summed E-state index contributed by atoms with van der Waals surface area (Å²) in [5.74, 6) is 0.706. The van der Waals surface area contributed by atoms with Gasteiger partial charge in [-0.3, -0.25) is 4.79 Å². The van der Waals surface area contributed by atoms with Crippen molar-refractivity contribution in [2.24, 2.45) is 11.7 Å². The summed E-state index contributed by atoms with van der Waals surface area (Å²) in [7, 11) is 0. The van der Waals surface area contributed by atoms with E-state index in [0.717, 1.165) is 32.5 Å². The standard InChI is InChI=1S/C20H38N4O2/c1-5-7-11-24(12-8-6-2)13-9-10-22-19(25)18-15-26-20(23-18)17(21)14-16(3)4/h15-17H,5-14,21H2,1-4H3,(H,22,25). The van der Waals surface area contributed by atoms with Crippen LogP contribution in [0.3, 0.4) is 0 Å². The van der Waals surface area contributed by atoms with Gasteiger partial charge < -0.3 is 20.4 Å². The SMILES string of the molecule is CCCCN(CCCC)CCCNC(=O)c1coc(C(N)CC(C)C)n1. The lowest BCUT2D eigenvalue weighted by atomic mass is 10.0. The number of oxazole rings is 1. The first-order valence-electron chi connectivity index (χ1n) is 10.2. The zero-order chi connectivity index (χ0) is 19.4. The first-order chi connectivity index (χ1) is 12.5. The minimum absolute atomic E-state index is 0.189. The van der Waals surface area contributed by atoms with E-state index in [9.17, 15) is 4.79 Å². The van der Waals surface area contributed by atoms with Crippen LogP contribution in [0, 0.1) is 5.92 Å². The molecular formula is C20H38N4O2. The number of aromatic nitrogens is 1. The van der Waals surface area contributed by atoms with Gasteiger partial charge in [0.05, 0.1) is 6.04 Å². The van der Waals surface area contributed by atoms with E-state index in [1.807, 2.05) is 0 Å². The number of nitrogens with zero attached hydrogens (tertiary/aromatic N) is 2. The van der Waals surface area contributed by atoms with Gasteiger partial charge in [-0.15, -0.1) is 0 Å². The maximum atomic E-state index is 12.2. The Bertz CT molecular complexity index is 494. The molecule has 1 rings (SSSR count). The highest BCUT2D eigenvalue weighted by Crippen LogP contribution is 2.18. The van der Waals surface area contributed by atoms with Gasteiger partial charge >= 0.3 is 0 Å². The summed E-state index contributed by atoms with van der Waals surface area (Å²) >= 11 is 0. The number of unbranched alkanes of at least 4 members (excludes halogenated alkanes) is 2. The van der Waals surface area contributed by atoms with Gasteiger partial charge in [-0.05, 0) is 51.2 Å². The average Bonchev–Trinajstić information content (AvgIpc) is 3.09. The van der Waals surface area contributed by atoms with Crippen LogP contribution in [-0.2, 0) is 0 Å². The van der Waals surface area contributed by atoms with Crippen LogP contribution in [-0.4, -0.2) is 42.0 Å². The van der Waals surface area contributed by atoms with Gasteiger partial charge in [-0.1, -0.05) is 40.5 Å². The first kappa shape index (κ1) is 22.6. The predicted molar refractivity (Wildman–Crippen MR) is 106 cm³/mol. The maximum Gasteiger partial charge on any atom is 0.273 e. The molecule has 150 valence electrons. The Kier molecular flexibility index (Phi) is 11.2. The molecule has 1 atom stereocenters. The minimum Gasteiger partial charge on any atom is -0.446 e. The Morgan fingerprint density at radius 2 is 1.81 bits per heavy atom. The molecule has 26 heavy (non-hydrogen) atoms. The van der Waals surface area contributed by atoms with E-state index in [4.69, 9.17) is 10.2 Å². The number of amides is 1. The number of hydrogen-bond donors (Lipinski definition) is 2. The van der Waals surface area contributed by atoms with Gasteiger partial charge in [-0.25, -0.2) is 4.98 Å². The normalized spacial score (nSPS) is 12.7. The van der Waals surface area contributed by atoms with Crippen molar-refractivity contribution in [2.75, 3.05) is 26.2 Å². The number of nitrogens with one attached hydrogen (secondary N) is 1. The van der Waals surface area contributed by atoms with Crippen LogP contribution in [0.2, 0.25) is 0 Å². The van der Waals surface area contributed by atoms with E-state index in [1.54, 1.807) is 0 Å². The van der Waals surface area contributed by atoms with Crippen LogP contribution in [0.5, 0.6) is 0 Å². The van der Waals surface area contributed by atoms with Gasteiger partial charge in [0.1, 0.15) is 6.26 Å². The molecule has 6 nitrogen and oxygen atoms in total. The maximum absolute atomic E-state index is 12.2. The molecule has 1 aromatic heterocycles. The van der Waals surface area contributed by atoms with E-state index in [0.29, 0.717) is 24.0 Å². The third-order valence-electron chi connectivity index (χ3n) is 4.39. The zero-order valence-corrected chi connectivity index (χ0v) is 17.1. The zero-order valence-electron chi connectivity index (χ0n) is 17.1. The summed E-state index contributed by atoms with van der Waals surface area (Å²) in [6.07, 6.45) is 8.02. The molecule has 0 aliphatic rings. The monoisotopic (exact) mass is 366 g/mol. The Labute approximate surface area is 158 Å². The Hall–Kier alpha value is -1.40. The van der Waals surface area contributed by atoms with E-state index in [2.05, 4.69) is 42.9 Å². The molecule has 3 N–H and O–H groups in total. The summed E-state index contributed by atoms with van der Waals surface area (Å²) in [4.78, 5) is 18.9. The Balaban J connectivity index is 2.35. The van der Waals surface area contributed by atoms with Gasteiger partial charge in [0.25, 0.3) is 5.91 Å². The van der Waals surface area contributed by atoms with Crippen molar-refractivity contribution in [3.63, 3.8) is 0 Å². The summed E-state index contributed by atoms with van der Waals surface area (Å²) in [6.45, 7) is 12.6. The number of carbonyl (C=O) groups is 1. The van der Waals surface area contributed by atoms with Gasteiger partial charge in [-0.2, -0.15) is 0 Å². The number of hydrogen-bond acceptors (Lipinski definition) is 5. The molecular weight excluding hydrogens is 328 g/mol. The highest BCUT2D eigenvalue weighted by atomic mass is 16.3. The third kappa shape index (κ3) is 8.81. The lowest BCUT2D eigenvalue weighted by Gasteiger charge is -2.21. The van der Waals surface area contributed by atoms with Crippen LogP contribution >= 0.6 is 0 Å². The van der Waals surface area contributed by atoms with Crippen molar-refractivity contribution in [3.05, 3.63) is 17.8 Å². The second-order valence-corrected chi connectivity index (χ2v) is 7.47. The molecule has 0 aliphatic heterocycles. The second-order valence-electron chi connectivity index (χ2n) is 7.47. The van der Waals surface area contributed by atoms with Crippen molar-refractivity contribution in [1.29, 1.82) is 0 Å². The summed E-state index contributed by atoms with van der Waals surface area (Å²) in [5, 5.41) is 2.93. The van der Waals surface area contributed by atoms with Crippen molar-refractivity contribution >= 4 is 5.91 Å². The van der Waals surface area contributed by atoms with E-state index in [1.165, 1.54) is 31.9 Å². The Morgan fingerprint density at radius 3 is 2.38 bits per heavy atom. The molecule has 0 aromatic carbocycles. The molecule has 1 heterocycles. The molecule has 0 bridgehead atoms. The molecule has 0 radical (unpaired) electrons. The topological polar surface area (TPSA) is 84.4 Å². The molecule has 0 fully saturated rings. The van der Waals surface area contributed by atoms with Gasteiger partial charge in [0.15, 0.2) is 5.69 Å². The van der Waals surface area contributed by atoms with Gasteiger partial charge in [0, 0.05) is 6.54 Å². The molecule has 0 spiro atoms.